The Labute approximate surface area is 122 Å². The highest BCUT2D eigenvalue weighted by molar-refractivity contribution is 7.71. The van der Waals surface area contributed by atoms with Crippen molar-refractivity contribution in [2.24, 2.45) is 0 Å². The van der Waals surface area contributed by atoms with Crippen molar-refractivity contribution < 1.29 is 0 Å². The summed E-state index contributed by atoms with van der Waals surface area (Å²) in [6, 6.07) is 1.79. The molecule has 6 nitrogen and oxygen atoms in total. The average Bonchev–Trinajstić information content (AvgIpc) is 2.77. The van der Waals surface area contributed by atoms with Crippen molar-refractivity contribution in [2.75, 3.05) is 0 Å². The van der Waals surface area contributed by atoms with Gasteiger partial charge in [-0.05, 0) is 24.7 Å². The molecule has 0 aliphatic rings. The minimum Gasteiger partial charge on any atom is -0.281 e. The van der Waals surface area contributed by atoms with Crippen molar-refractivity contribution in [1.82, 2.24) is 25.0 Å². The SMILES string of the molecule is CCCn1nc(C(C)(C)C)cc(-c2nc(=S)[nH][nH]2)c1=O. The van der Waals surface area contributed by atoms with Crippen molar-refractivity contribution in [2.45, 2.75) is 46.1 Å². The lowest BCUT2D eigenvalue weighted by Gasteiger charge is -2.19. The molecular formula is C13H19N5OS. The van der Waals surface area contributed by atoms with Crippen LogP contribution in [0.2, 0.25) is 0 Å². The number of hydrogen-bond donors (Lipinski definition) is 2. The quantitative estimate of drug-likeness (QED) is 0.852. The van der Waals surface area contributed by atoms with Crippen LogP contribution in [0.5, 0.6) is 0 Å². The fourth-order valence-corrected chi connectivity index (χ4v) is 1.98. The van der Waals surface area contributed by atoms with Gasteiger partial charge in [0.25, 0.3) is 5.56 Å². The lowest BCUT2D eigenvalue weighted by molar-refractivity contribution is 0.497. The molecule has 2 N–H and O–H groups in total. The van der Waals surface area contributed by atoms with E-state index in [1.165, 1.54) is 4.68 Å². The molecule has 0 saturated carbocycles. The third kappa shape index (κ3) is 2.87. The molecule has 0 unspecified atom stereocenters. The van der Waals surface area contributed by atoms with E-state index in [2.05, 4.69) is 41.1 Å². The molecule has 0 spiro atoms. The van der Waals surface area contributed by atoms with E-state index in [0.717, 1.165) is 12.1 Å². The summed E-state index contributed by atoms with van der Waals surface area (Å²) >= 11 is 4.94. The van der Waals surface area contributed by atoms with Gasteiger partial charge in [-0.25, -0.2) is 4.68 Å². The summed E-state index contributed by atoms with van der Waals surface area (Å²) < 4.78 is 1.83. The Bertz CT molecular complexity index is 719. The van der Waals surface area contributed by atoms with E-state index in [9.17, 15) is 4.79 Å². The normalized spacial score (nSPS) is 11.8. The zero-order chi connectivity index (χ0) is 14.9. The fourth-order valence-electron chi connectivity index (χ4n) is 1.84. The molecule has 0 radical (unpaired) electrons. The molecule has 0 fully saturated rings. The van der Waals surface area contributed by atoms with Gasteiger partial charge in [0.2, 0.25) is 4.77 Å². The maximum Gasteiger partial charge on any atom is 0.277 e. The van der Waals surface area contributed by atoms with Crippen LogP contribution in [0.25, 0.3) is 11.4 Å². The molecule has 0 aromatic carbocycles. The van der Waals surface area contributed by atoms with Gasteiger partial charge in [0.05, 0.1) is 11.3 Å². The molecule has 0 atom stereocenters. The molecule has 20 heavy (non-hydrogen) atoms. The number of nitrogens with zero attached hydrogens (tertiary/aromatic N) is 3. The molecule has 7 heteroatoms. The number of aromatic amines is 2. The summed E-state index contributed by atoms with van der Waals surface area (Å²) in [5, 5.41) is 10.00. The Balaban J connectivity index is 2.69. The summed E-state index contributed by atoms with van der Waals surface area (Å²) in [7, 11) is 0. The maximum absolute atomic E-state index is 12.4. The first-order chi connectivity index (χ1) is 9.32. The van der Waals surface area contributed by atoms with Gasteiger partial charge < -0.3 is 0 Å². The van der Waals surface area contributed by atoms with Gasteiger partial charge in [-0.3, -0.25) is 15.0 Å². The summed E-state index contributed by atoms with van der Waals surface area (Å²) in [4.78, 5) is 16.6. The number of hydrogen-bond acceptors (Lipinski definition) is 4. The molecule has 108 valence electrons. The van der Waals surface area contributed by atoms with E-state index in [4.69, 9.17) is 12.2 Å². The summed E-state index contributed by atoms with van der Waals surface area (Å²) in [6.45, 7) is 8.78. The second kappa shape index (κ2) is 5.32. The summed E-state index contributed by atoms with van der Waals surface area (Å²) in [6.07, 6.45) is 0.844. The van der Waals surface area contributed by atoms with Gasteiger partial charge in [-0.2, -0.15) is 10.1 Å². The van der Waals surface area contributed by atoms with Crippen molar-refractivity contribution in [3.05, 3.63) is 26.9 Å². The highest BCUT2D eigenvalue weighted by atomic mass is 32.1. The van der Waals surface area contributed by atoms with Gasteiger partial charge in [0, 0.05) is 12.0 Å². The van der Waals surface area contributed by atoms with Crippen LogP contribution in [-0.2, 0) is 12.0 Å². The van der Waals surface area contributed by atoms with E-state index in [0.29, 0.717) is 22.7 Å². The Morgan fingerprint density at radius 3 is 2.55 bits per heavy atom. The first-order valence-corrected chi connectivity index (χ1v) is 7.01. The van der Waals surface area contributed by atoms with Crippen LogP contribution < -0.4 is 5.56 Å². The monoisotopic (exact) mass is 293 g/mol. The molecule has 2 heterocycles. The van der Waals surface area contributed by atoms with Crippen LogP contribution >= 0.6 is 12.2 Å². The lowest BCUT2D eigenvalue weighted by Crippen LogP contribution is -2.29. The van der Waals surface area contributed by atoms with Crippen LogP contribution in [0.3, 0.4) is 0 Å². The number of aromatic nitrogens is 5. The number of H-pyrrole nitrogens is 2. The van der Waals surface area contributed by atoms with Crippen molar-refractivity contribution in [3.8, 4) is 11.4 Å². The highest BCUT2D eigenvalue weighted by Gasteiger charge is 2.20. The van der Waals surface area contributed by atoms with Gasteiger partial charge in [0.15, 0.2) is 5.82 Å². The van der Waals surface area contributed by atoms with Crippen LogP contribution in [0, 0.1) is 4.77 Å². The Morgan fingerprint density at radius 2 is 2.05 bits per heavy atom. The topological polar surface area (TPSA) is 79.4 Å². The molecule has 0 aliphatic carbocycles. The van der Waals surface area contributed by atoms with E-state index in [1.807, 2.05) is 6.92 Å². The van der Waals surface area contributed by atoms with Crippen molar-refractivity contribution in [3.63, 3.8) is 0 Å². The molecule has 0 aliphatic heterocycles. The third-order valence-corrected chi connectivity index (χ3v) is 3.13. The van der Waals surface area contributed by atoms with Crippen molar-refractivity contribution in [1.29, 1.82) is 0 Å². The summed E-state index contributed by atoms with van der Waals surface area (Å²) in [5.41, 5.74) is 1.04. The number of nitrogens with one attached hydrogen (secondary N) is 2. The molecule has 2 aromatic heterocycles. The number of aryl methyl sites for hydroxylation is 1. The molecule has 0 bridgehead atoms. The standard InChI is InChI=1S/C13H19N5OS/c1-5-6-18-11(19)8(10-14-12(20)16-15-10)7-9(17-18)13(2,3)4/h7H,5-6H2,1-4H3,(H2,14,15,16,20). The fraction of sp³-hybridized carbons (Fsp3) is 0.538. The zero-order valence-electron chi connectivity index (χ0n) is 12.1. The molecule has 2 aromatic rings. The molecule has 2 rings (SSSR count). The lowest BCUT2D eigenvalue weighted by atomic mass is 9.91. The molecular weight excluding hydrogens is 274 g/mol. The largest absolute Gasteiger partial charge is 0.281 e. The van der Waals surface area contributed by atoms with Gasteiger partial charge in [-0.1, -0.05) is 27.7 Å². The Hall–Kier alpha value is -1.76. The van der Waals surface area contributed by atoms with Crippen LogP contribution in [0.4, 0.5) is 0 Å². The van der Waals surface area contributed by atoms with Crippen LogP contribution in [0.1, 0.15) is 39.8 Å². The number of rotatable bonds is 3. The summed E-state index contributed by atoms with van der Waals surface area (Å²) in [5.74, 6) is 0.456. The van der Waals surface area contributed by atoms with E-state index >= 15 is 0 Å². The van der Waals surface area contributed by atoms with Gasteiger partial charge in [-0.15, -0.1) is 0 Å². The molecule has 0 amide bonds. The molecule has 0 saturated heterocycles. The average molecular weight is 293 g/mol. The minimum atomic E-state index is -0.155. The maximum atomic E-state index is 12.4. The third-order valence-electron chi connectivity index (χ3n) is 2.93. The predicted octanol–water partition coefficient (Wildman–Crippen LogP) is 2.40. The minimum absolute atomic E-state index is 0.148. The van der Waals surface area contributed by atoms with Gasteiger partial charge in [0.1, 0.15) is 0 Å². The van der Waals surface area contributed by atoms with Crippen LogP contribution in [-0.4, -0.2) is 25.0 Å². The Kier molecular flexibility index (Phi) is 3.89. The van der Waals surface area contributed by atoms with E-state index in [-0.39, 0.29) is 11.0 Å². The predicted molar refractivity (Wildman–Crippen MR) is 80.3 cm³/mol. The van der Waals surface area contributed by atoms with Crippen molar-refractivity contribution >= 4 is 12.2 Å². The first kappa shape index (κ1) is 14.6. The van der Waals surface area contributed by atoms with Crippen LogP contribution in [0.15, 0.2) is 10.9 Å². The van der Waals surface area contributed by atoms with E-state index in [1.54, 1.807) is 6.07 Å². The smallest absolute Gasteiger partial charge is 0.277 e. The Morgan fingerprint density at radius 1 is 1.35 bits per heavy atom. The zero-order valence-corrected chi connectivity index (χ0v) is 13.0. The van der Waals surface area contributed by atoms with Gasteiger partial charge >= 0.3 is 0 Å². The highest BCUT2D eigenvalue weighted by Crippen LogP contribution is 2.22. The second-order valence-corrected chi connectivity index (χ2v) is 6.12. The first-order valence-electron chi connectivity index (χ1n) is 6.60. The van der Waals surface area contributed by atoms with E-state index < -0.39 is 0 Å². The second-order valence-electron chi connectivity index (χ2n) is 5.74.